The number of nitrogens with one attached hydrogen (secondary N) is 1. The molecule has 0 atom stereocenters. The van der Waals surface area contributed by atoms with Crippen LogP contribution in [-0.4, -0.2) is 21.4 Å². The first-order chi connectivity index (χ1) is 10.8. The summed E-state index contributed by atoms with van der Waals surface area (Å²) >= 11 is 11.7. The molecule has 1 N–H and O–H groups in total. The first kappa shape index (κ1) is 16.1. The highest BCUT2D eigenvalue weighted by atomic mass is 35.5. The van der Waals surface area contributed by atoms with E-state index in [1.165, 1.54) is 35.2 Å². The van der Waals surface area contributed by atoms with Crippen LogP contribution in [0.3, 0.4) is 0 Å². The minimum absolute atomic E-state index is 0.0630. The average Bonchev–Trinajstić information content (AvgIpc) is 2.77. The third-order valence-corrected chi connectivity index (χ3v) is 5.73. The van der Waals surface area contributed by atoms with Crippen LogP contribution < -0.4 is 9.62 Å². The Balaban J connectivity index is 1.93. The van der Waals surface area contributed by atoms with E-state index in [0.717, 1.165) is 5.69 Å². The number of likely N-dealkylation sites (N-methyl/N-ethyl adjacent to an activating group) is 1. The molecule has 0 unspecified atom stereocenters. The van der Waals surface area contributed by atoms with Gasteiger partial charge in [0.15, 0.2) is 0 Å². The molecule has 3 rings (SSSR count). The zero-order valence-corrected chi connectivity index (χ0v) is 14.3. The van der Waals surface area contributed by atoms with E-state index in [0.29, 0.717) is 16.3 Å². The summed E-state index contributed by atoms with van der Waals surface area (Å²) in [6, 6.07) is 9.08. The van der Waals surface area contributed by atoms with Crippen LogP contribution >= 0.6 is 23.2 Å². The van der Waals surface area contributed by atoms with E-state index in [-0.39, 0.29) is 22.2 Å². The Bertz CT molecular complexity index is 913. The van der Waals surface area contributed by atoms with Crippen molar-refractivity contribution in [3.8, 4) is 0 Å². The predicted octanol–water partition coefficient (Wildman–Crippen LogP) is 3.31. The Kier molecular flexibility index (Phi) is 4.00. The van der Waals surface area contributed by atoms with E-state index in [1.54, 1.807) is 13.1 Å². The number of nitrogens with zero attached hydrogens (tertiary/aromatic N) is 1. The second-order valence-electron chi connectivity index (χ2n) is 5.15. The van der Waals surface area contributed by atoms with Crippen LogP contribution in [0.15, 0.2) is 41.3 Å². The minimum atomic E-state index is -3.78. The summed E-state index contributed by atoms with van der Waals surface area (Å²) < 4.78 is 27.4. The molecule has 1 amide bonds. The number of anilines is 2. The van der Waals surface area contributed by atoms with Crippen molar-refractivity contribution >= 4 is 50.5 Å². The van der Waals surface area contributed by atoms with Gasteiger partial charge in [-0.2, -0.15) is 0 Å². The number of amides is 1. The van der Waals surface area contributed by atoms with Gasteiger partial charge in [-0.3, -0.25) is 9.52 Å². The van der Waals surface area contributed by atoms with E-state index in [1.807, 2.05) is 0 Å². The maximum atomic E-state index is 12.5. The van der Waals surface area contributed by atoms with Crippen molar-refractivity contribution < 1.29 is 13.2 Å². The van der Waals surface area contributed by atoms with Crippen molar-refractivity contribution in [1.29, 1.82) is 0 Å². The molecule has 5 nitrogen and oxygen atoms in total. The molecule has 2 aromatic carbocycles. The van der Waals surface area contributed by atoms with Gasteiger partial charge in [0, 0.05) is 12.7 Å². The summed E-state index contributed by atoms with van der Waals surface area (Å²) in [7, 11) is -2.12. The Morgan fingerprint density at radius 2 is 1.83 bits per heavy atom. The Labute approximate surface area is 143 Å². The van der Waals surface area contributed by atoms with Gasteiger partial charge in [0.25, 0.3) is 10.0 Å². The number of hydrogen-bond donors (Lipinski definition) is 1. The van der Waals surface area contributed by atoms with Crippen LogP contribution in [0, 0.1) is 0 Å². The SMILES string of the molecule is CN1C(=O)Cc2cc(S(=O)(=O)Nc3ccc(Cl)c(Cl)c3)ccc21. The molecule has 2 aromatic rings. The fraction of sp³-hybridized carbons (Fsp3) is 0.133. The van der Waals surface area contributed by atoms with Crippen LogP contribution in [-0.2, 0) is 21.2 Å². The van der Waals surface area contributed by atoms with Gasteiger partial charge in [0.1, 0.15) is 0 Å². The molecule has 0 saturated carbocycles. The highest BCUT2D eigenvalue weighted by molar-refractivity contribution is 7.92. The van der Waals surface area contributed by atoms with E-state index >= 15 is 0 Å². The Hall–Kier alpha value is -1.76. The molecule has 0 saturated heterocycles. The van der Waals surface area contributed by atoms with Crippen molar-refractivity contribution in [2.24, 2.45) is 0 Å². The van der Waals surface area contributed by atoms with Crippen molar-refractivity contribution in [3.05, 3.63) is 52.0 Å². The summed E-state index contributed by atoms with van der Waals surface area (Å²) in [4.78, 5) is 13.3. The van der Waals surface area contributed by atoms with Crippen molar-refractivity contribution in [3.63, 3.8) is 0 Å². The van der Waals surface area contributed by atoms with Crippen LogP contribution in [0.2, 0.25) is 10.0 Å². The second kappa shape index (κ2) is 5.70. The molecule has 0 aromatic heterocycles. The number of fused-ring (bicyclic) bond motifs is 1. The predicted molar refractivity (Wildman–Crippen MR) is 90.8 cm³/mol. The molecule has 0 aliphatic carbocycles. The van der Waals surface area contributed by atoms with Crippen molar-refractivity contribution in [2.75, 3.05) is 16.7 Å². The zero-order chi connectivity index (χ0) is 16.8. The molecule has 120 valence electrons. The third kappa shape index (κ3) is 3.02. The molecular weight excluding hydrogens is 359 g/mol. The van der Waals surface area contributed by atoms with Gasteiger partial charge < -0.3 is 4.90 Å². The molecule has 1 aliphatic rings. The lowest BCUT2D eigenvalue weighted by atomic mass is 10.2. The highest BCUT2D eigenvalue weighted by Gasteiger charge is 2.26. The van der Waals surface area contributed by atoms with E-state index in [4.69, 9.17) is 23.2 Å². The van der Waals surface area contributed by atoms with Crippen LogP contribution in [0.25, 0.3) is 0 Å². The number of carbonyl (C=O) groups is 1. The Morgan fingerprint density at radius 1 is 1.09 bits per heavy atom. The van der Waals surface area contributed by atoms with Crippen molar-refractivity contribution in [2.45, 2.75) is 11.3 Å². The van der Waals surface area contributed by atoms with Gasteiger partial charge in [-0.1, -0.05) is 23.2 Å². The maximum Gasteiger partial charge on any atom is 0.261 e. The van der Waals surface area contributed by atoms with Crippen LogP contribution in [0.1, 0.15) is 5.56 Å². The fourth-order valence-electron chi connectivity index (χ4n) is 2.39. The zero-order valence-electron chi connectivity index (χ0n) is 12.0. The number of benzene rings is 2. The first-order valence-corrected chi connectivity index (χ1v) is 8.89. The topological polar surface area (TPSA) is 66.5 Å². The first-order valence-electron chi connectivity index (χ1n) is 6.65. The van der Waals surface area contributed by atoms with Gasteiger partial charge in [-0.15, -0.1) is 0 Å². The van der Waals surface area contributed by atoms with E-state index < -0.39 is 10.0 Å². The molecule has 0 radical (unpaired) electrons. The number of carbonyl (C=O) groups excluding carboxylic acids is 1. The largest absolute Gasteiger partial charge is 0.315 e. The summed E-state index contributed by atoms with van der Waals surface area (Å²) in [6.07, 6.45) is 0.196. The van der Waals surface area contributed by atoms with Gasteiger partial charge in [0.05, 0.1) is 27.0 Å². The molecule has 1 heterocycles. The molecule has 0 fully saturated rings. The van der Waals surface area contributed by atoms with E-state index in [2.05, 4.69) is 4.72 Å². The normalized spacial score (nSPS) is 14.0. The lowest BCUT2D eigenvalue weighted by Crippen LogP contribution is -2.20. The number of halogens is 2. The smallest absolute Gasteiger partial charge is 0.261 e. The Morgan fingerprint density at radius 3 is 2.52 bits per heavy atom. The lowest BCUT2D eigenvalue weighted by molar-refractivity contribution is -0.117. The number of rotatable bonds is 3. The second-order valence-corrected chi connectivity index (χ2v) is 7.65. The van der Waals surface area contributed by atoms with Gasteiger partial charge in [-0.05, 0) is 42.0 Å². The van der Waals surface area contributed by atoms with Gasteiger partial charge in [0.2, 0.25) is 5.91 Å². The average molecular weight is 371 g/mol. The molecule has 23 heavy (non-hydrogen) atoms. The highest BCUT2D eigenvalue weighted by Crippen LogP contribution is 2.31. The molecule has 1 aliphatic heterocycles. The van der Waals surface area contributed by atoms with Gasteiger partial charge in [-0.25, -0.2) is 8.42 Å². The standard InChI is InChI=1S/C15H12Cl2N2O3S/c1-19-14-5-3-11(6-9(14)7-15(19)20)23(21,22)18-10-2-4-12(16)13(17)8-10/h2-6,8,18H,7H2,1H3. The van der Waals surface area contributed by atoms with E-state index in [9.17, 15) is 13.2 Å². The van der Waals surface area contributed by atoms with Gasteiger partial charge >= 0.3 is 0 Å². The molecule has 8 heteroatoms. The summed E-state index contributed by atoms with van der Waals surface area (Å²) in [5.74, 6) is -0.0630. The fourth-order valence-corrected chi connectivity index (χ4v) is 3.79. The minimum Gasteiger partial charge on any atom is -0.315 e. The lowest BCUT2D eigenvalue weighted by Gasteiger charge is -2.12. The van der Waals surface area contributed by atoms with Crippen LogP contribution in [0.4, 0.5) is 11.4 Å². The number of sulfonamides is 1. The molecule has 0 spiro atoms. The monoisotopic (exact) mass is 370 g/mol. The summed E-state index contributed by atoms with van der Waals surface area (Å²) in [6.45, 7) is 0. The quantitative estimate of drug-likeness (QED) is 0.900. The summed E-state index contributed by atoms with van der Waals surface area (Å²) in [5, 5.41) is 0.599. The van der Waals surface area contributed by atoms with Crippen molar-refractivity contribution in [1.82, 2.24) is 0 Å². The number of hydrogen-bond acceptors (Lipinski definition) is 3. The molecule has 0 bridgehead atoms. The third-order valence-electron chi connectivity index (χ3n) is 3.61. The summed E-state index contributed by atoms with van der Waals surface area (Å²) in [5.41, 5.74) is 1.73. The van der Waals surface area contributed by atoms with Crippen LogP contribution in [0.5, 0.6) is 0 Å². The maximum absolute atomic E-state index is 12.5. The molecular formula is C15H12Cl2N2O3S.